The van der Waals surface area contributed by atoms with E-state index in [2.05, 4.69) is 20.4 Å². The third-order valence-corrected chi connectivity index (χ3v) is 4.86. The van der Waals surface area contributed by atoms with Gasteiger partial charge in [-0.25, -0.2) is 0 Å². The summed E-state index contributed by atoms with van der Waals surface area (Å²) in [6, 6.07) is 9.49. The Balaban J connectivity index is 2.32. The maximum Gasteiger partial charge on any atom is 0.109 e. The van der Waals surface area contributed by atoms with Gasteiger partial charge in [-0.05, 0) is 49.5 Å². The van der Waals surface area contributed by atoms with Gasteiger partial charge in [0, 0.05) is 5.41 Å². The molecule has 1 aromatic carbocycles. The van der Waals surface area contributed by atoms with Crippen LogP contribution in [0.5, 0.6) is 0 Å². The highest BCUT2D eigenvalue weighted by Crippen LogP contribution is 2.47. The van der Waals surface area contributed by atoms with Crippen LogP contribution < -0.4 is 0 Å². The van der Waals surface area contributed by atoms with E-state index in [1.807, 2.05) is 30.3 Å². The lowest BCUT2D eigenvalue weighted by molar-refractivity contribution is -0.0167. The van der Waals surface area contributed by atoms with Gasteiger partial charge < -0.3 is 10.2 Å². The van der Waals surface area contributed by atoms with Crippen molar-refractivity contribution in [3.05, 3.63) is 60.2 Å². The Morgan fingerprint density at radius 2 is 1.86 bits per heavy atom. The average Bonchev–Trinajstić information content (AvgIpc) is 2.44. The molecular weight excluding hydrogens is 260 g/mol. The predicted octanol–water partition coefficient (Wildman–Crippen LogP) is 3.95. The second kappa shape index (κ2) is 5.43. The van der Waals surface area contributed by atoms with Crippen LogP contribution in [0.2, 0.25) is 0 Å². The largest absolute Gasteiger partial charge is 0.381 e. The van der Waals surface area contributed by atoms with Gasteiger partial charge in [0.2, 0.25) is 0 Å². The monoisotopic (exact) mass is 286 g/mol. The predicted molar refractivity (Wildman–Crippen MR) is 86.9 cm³/mol. The molecule has 2 unspecified atom stereocenters. The van der Waals surface area contributed by atoms with Crippen molar-refractivity contribution >= 4 is 0 Å². The summed E-state index contributed by atoms with van der Waals surface area (Å²) in [4.78, 5) is 0. The molecule has 0 bridgehead atoms. The second-order valence-electron chi connectivity index (χ2n) is 6.95. The van der Waals surface area contributed by atoms with Crippen LogP contribution in [0.4, 0.5) is 0 Å². The van der Waals surface area contributed by atoms with E-state index in [1.54, 1.807) is 19.1 Å². The van der Waals surface area contributed by atoms with Crippen molar-refractivity contribution < 1.29 is 10.2 Å². The summed E-state index contributed by atoms with van der Waals surface area (Å²) < 4.78 is 0. The fraction of sp³-hybridized carbons (Fsp3) is 0.474. The minimum Gasteiger partial charge on any atom is -0.381 e. The Bertz CT molecular complexity index is 540. The number of hydrogen-bond acceptors (Lipinski definition) is 2. The zero-order valence-electron chi connectivity index (χ0n) is 13.3. The summed E-state index contributed by atoms with van der Waals surface area (Å²) in [6.07, 6.45) is 6.26. The SMILES string of the molecule is C=C1CCCC(C)(C)C1(O)/C=C/C(C)(O)c1ccccc1. The molecule has 0 aromatic heterocycles. The maximum atomic E-state index is 11.1. The van der Waals surface area contributed by atoms with Gasteiger partial charge in [-0.3, -0.25) is 0 Å². The van der Waals surface area contributed by atoms with Gasteiger partial charge in [0.1, 0.15) is 11.2 Å². The Morgan fingerprint density at radius 3 is 2.43 bits per heavy atom. The fourth-order valence-electron chi connectivity index (χ4n) is 3.10. The number of benzene rings is 1. The van der Waals surface area contributed by atoms with Crippen LogP contribution in [0.1, 0.15) is 45.6 Å². The lowest BCUT2D eigenvalue weighted by Crippen LogP contribution is -2.47. The van der Waals surface area contributed by atoms with Crippen LogP contribution in [0.25, 0.3) is 0 Å². The third kappa shape index (κ3) is 2.97. The zero-order chi connectivity index (χ0) is 15.7. The maximum absolute atomic E-state index is 11.1. The van der Waals surface area contributed by atoms with E-state index >= 15 is 0 Å². The Labute approximate surface area is 127 Å². The van der Waals surface area contributed by atoms with Crippen molar-refractivity contribution in [2.75, 3.05) is 0 Å². The first-order valence-electron chi connectivity index (χ1n) is 7.58. The van der Waals surface area contributed by atoms with Gasteiger partial charge in [0.25, 0.3) is 0 Å². The minimum atomic E-state index is -1.11. The van der Waals surface area contributed by atoms with Crippen LogP contribution in [0.15, 0.2) is 54.6 Å². The van der Waals surface area contributed by atoms with Crippen LogP contribution in [-0.2, 0) is 5.60 Å². The molecule has 0 saturated heterocycles. The normalized spacial score (nSPS) is 28.5. The number of aliphatic hydroxyl groups is 2. The molecule has 21 heavy (non-hydrogen) atoms. The van der Waals surface area contributed by atoms with Crippen molar-refractivity contribution in [3.8, 4) is 0 Å². The number of rotatable bonds is 3. The highest BCUT2D eigenvalue weighted by molar-refractivity contribution is 5.33. The molecule has 1 aromatic rings. The smallest absolute Gasteiger partial charge is 0.109 e. The molecule has 2 nitrogen and oxygen atoms in total. The molecule has 2 atom stereocenters. The lowest BCUT2D eigenvalue weighted by Gasteiger charge is -2.46. The number of hydrogen-bond donors (Lipinski definition) is 2. The van der Waals surface area contributed by atoms with Crippen LogP contribution in [-0.4, -0.2) is 15.8 Å². The van der Waals surface area contributed by atoms with E-state index in [-0.39, 0.29) is 5.41 Å². The first-order valence-corrected chi connectivity index (χ1v) is 7.58. The molecule has 2 N–H and O–H groups in total. The lowest BCUT2D eigenvalue weighted by atomic mass is 9.63. The average molecular weight is 286 g/mol. The fourth-order valence-corrected chi connectivity index (χ4v) is 3.10. The Hall–Kier alpha value is -1.38. The molecule has 0 spiro atoms. The molecule has 2 heteroatoms. The Kier molecular flexibility index (Phi) is 4.14. The van der Waals surface area contributed by atoms with Gasteiger partial charge in [-0.1, -0.05) is 50.8 Å². The van der Waals surface area contributed by atoms with Crippen LogP contribution >= 0.6 is 0 Å². The summed E-state index contributed by atoms with van der Waals surface area (Å²) in [6.45, 7) is 9.90. The molecule has 114 valence electrons. The van der Waals surface area contributed by atoms with Gasteiger partial charge in [-0.15, -0.1) is 0 Å². The van der Waals surface area contributed by atoms with Crippen molar-refractivity contribution in [3.63, 3.8) is 0 Å². The van der Waals surface area contributed by atoms with E-state index in [4.69, 9.17) is 0 Å². The van der Waals surface area contributed by atoms with E-state index in [1.165, 1.54) is 0 Å². The first-order chi connectivity index (χ1) is 9.69. The summed E-state index contributed by atoms with van der Waals surface area (Å²) in [5, 5.41) is 21.7. The molecule has 1 fully saturated rings. The molecule has 0 amide bonds. The van der Waals surface area contributed by atoms with Gasteiger partial charge in [-0.2, -0.15) is 0 Å². The molecule has 0 aliphatic heterocycles. The summed E-state index contributed by atoms with van der Waals surface area (Å²) in [7, 11) is 0. The molecule has 0 heterocycles. The van der Waals surface area contributed by atoms with Gasteiger partial charge >= 0.3 is 0 Å². The van der Waals surface area contributed by atoms with Gasteiger partial charge in [0.05, 0.1) is 0 Å². The van der Waals surface area contributed by atoms with E-state index in [0.717, 1.165) is 30.4 Å². The molecular formula is C19H26O2. The topological polar surface area (TPSA) is 40.5 Å². The van der Waals surface area contributed by atoms with Crippen molar-refractivity contribution in [2.24, 2.45) is 5.41 Å². The summed E-state index contributed by atoms with van der Waals surface area (Å²) in [5.41, 5.74) is -0.802. The molecule has 1 saturated carbocycles. The molecule has 1 aliphatic carbocycles. The van der Waals surface area contributed by atoms with E-state index in [0.29, 0.717) is 0 Å². The zero-order valence-corrected chi connectivity index (χ0v) is 13.3. The third-order valence-electron chi connectivity index (χ3n) is 4.86. The van der Waals surface area contributed by atoms with E-state index in [9.17, 15) is 10.2 Å². The summed E-state index contributed by atoms with van der Waals surface area (Å²) >= 11 is 0. The standard InChI is InChI=1S/C19H26O2/c1-15-9-8-12-17(2,3)19(15,21)14-13-18(4,20)16-10-6-5-7-11-16/h5-7,10-11,13-14,20-21H,1,8-9,12H2,2-4H3/b14-13+. The minimum absolute atomic E-state index is 0.272. The highest BCUT2D eigenvalue weighted by atomic mass is 16.3. The van der Waals surface area contributed by atoms with Crippen LogP contribution in [0, 0.1) is 5.41 Å². The first kappa shape index (κ1) is 16.0. The van der Waals surface area contributed by atoms with Crippen molar-refractivity contribution in [2.45, 2.75) is 51.2 Å². The van der Waals surface area contributed by atoms with Crippen LogP contribution in [0.3, 0.4) is 0 Å². The van der Waals surface area contributed by atoms with Crippen molar-refractivity contribution in [1.29, 1.82) is 0 Å². The molecule has 1 aliphatic rings. The molecule has 0 radical (unpaired) electrons. The second-order valence-corrected chi connectivity index (χ2v) is 6.95. The summed E-state index contributed by atoms with van der Waals surface area (Å²) in [5.74, 6) is 0. The highest BCUT2D eigenvalue weighted by Gasteiger charge is 2.46. The Morgan fingerprint density at radius 1 is 1.24 bits per heavy atom. The molecule has 2 rings (SSSR count). The van der Waals surface area contributed by atoms with E-state index < -0.39 is 11.2 Å². The van der Waals surface area contributed by atoms with Gasteiger partial charge in [0.15, 0.2) is 0 Å². The quantitative estimate of drug-likeness (QED) is 0.826. The van der Waals surface area contributed by atoms with Crippen molar-refractivity contribution in [1.82, 2.24) is 0 Å².